The van der Waals surface area contributed by atoms with E-state index in [-0.39, 0.29) is 16.7 Å². The smallest absolute Gasteiger partial charge is 0.188 e. The number of anilines is 1. The first kappa shape index (κ1) is 37.8. The minimum Gasteiger partial charge on any atom is -0.344 e. The molecule has 0 spiro atoms. The molecule has 0 fully saturated rings. The molecule has 2 atom stereocenters. The second-order valence-electron chi connectivity index (χ2n) is 13.4. The molecule has 1 aliphatic heterocycles. The lowest BCUT2D eigenvalue weighted by Gasteiger charge is -2.27. The van der Waals surface area contributed by atoms with E-state index < -0.39 is 22.2 Å². The van der Waals surface area contributed by atoms with Gasteiger partial charge in [-0.3, -0.25) is 8.98 Å². The quantitative estimate of drug-likeness (QED) is 0.0788. The van der Waals surface area contributed by atoms with E-state index >= 15 is 0 Å². The van der Waals surface area contributed by atoms with E-state index in [4.69, 9.17) is 4.18 Å². The molecular weight excluding hydrogens is 617 g/mol. The van der Waals surface area contributed by atoms with Gasteiger partial charge in [-0.1, -0.05) is 72.3 Å². The van der Waals surface area contributed by atoms with Crippen LogP contribution in [0.1, 0.15) is 91.7 Å². The predicted octanol–water partition coefficient (Wildman–Crippen LogP) is 7.40. The Balaban J connectivity index is 1.79. The van der Waals surface area contributed by atoms with Gasteiger partial charge in [-0.25, -0.2) is 8.42 Å². The highest BCUT2D eigenvalue weighted by molar-refractivity contribution is 7.80. The van der Waals surface area contributed by atoms with Crippen molar-refractivity contribution >= 4 is 39.3 Å². The molecule has 0 aromatic heterocycles. The number of carbonyl (C=O) groups is 1. The standard InChI is InChI=1S/C37H52N2O5S2/c1-9-38-32-21-19-29(46(43)44-8)26-30(32)36(4,5)23-15-11-10-14-18-35-37(6,7)31-25-28(45(41)42)20-22-33(31)39(35)24-16-12-13-17-34(40)27(2)3/h10-11,14-15,18-22,25-27,38H,9,12-13,16-17,23-24H2,1-8H3,(H,41,42)/p+1/b14-10+,15-11+,35-18+. The van der Waals surface area contributed by atoms with Gasteiger partial charge in [-0.15, -0.1) is 0 Å². The molecule has 0 saturated heterocycles. The molecule has 7 nitrogen and oxygen atoms in total. The van der Waals surface area contributed by atoms with Crippen LogP contribution >= 0.6 is 0 Å². The van der Waals surface area contributed by atoms with Crippen LogP contribution in [-0.4, -0.2) is 39.0 Å². The van der Waals surface area contributed by atoms with Crippen molar-refractivity contribution in [3.63, 3.8) is 0 Å². The number of nitrogens with two attached hydrogens (primary N) is 1. The van der Waals surface area contributed by atoms with Crippen LogP contribution in [0.5, 0.6) is 0 Å². The number of allylic oxidation sites excluding steroid dienone is 6. The number of hydrogen-bond donors (Lipinski definition) is 2. The molecule has 2 aromatic rings. The summed E-state index contributed by atoms with van der Waals surface area (Å²) < 4.78 is 39.1. The van der Waals surface area contributed by atoms with Crippen LogP contribution in [0.25, 0.3) is 0 Å². The fourth-order valence-corrected chi connectivity index (χ4v) is 7.01. The van der Waals surface area contributed by atoms with Gasteiger partial charge in [0.1, 0.15) is 11.5 Å². The SMILES string of the molecule is CC[NH2+]c1ccc(S(=O)OC)cc1C(C)(C)C/C=C/C=C/C=C1/N(CCCCCC(=O)C(C)C)c2ccc(S(=O)O)cc2C1(C)C. The summed E-state index contributed by atoms with van der Waals surface area (Å²) in [6, 6.07) is 11.4. The lowest BCUT2D eigenvalue weighted by atomic mass is 9.80. The number of benzene rings is 2. The predicted molar refractivity (Wildman–Crippen MR) is 190 cm³/mol. The van der Waals surface area contributed by atoms with Crippen molar-refractivity contribution in [3.05, 3.63) is 83.6 Å². The molecule has 1 aliphatic rings. The molecule has 0 amide bonds. The van der Waals surface area contributed by atoms with Gasteiger partial charge >= 0.3 is 0 Å². The molecule has 9 heteroatoms. The van der Waals surface area contributed by atoms with Crippen LogP contribution in [0, 0.1) is 5.92 Å². The van der Waals surface area contributed by atoms with Crippen molar-refractivity contribution in [3.8, 4) is 0 Å². The molecule has 0 bridgehead atoms. The Morgan fingerprint density at radius 1 is 1.04 bits per heavy atom. The molecule has 0 radical (unpaired) electrons. The summed E-state index contributed by atoms with van der Waals surface area (Å²) in [6.45, 7) is 16.5. The van der Waals surface area contributed by atoms with Gasteiger partial charge in [-0.2, -0.15) is 0 Å². The molecule has 2 aromatic carbocycles. The summed E-state index contributed by atoms with van der Waals surface area (Å²) >= 11 is -3.54. The highest BCUT2D eigenvalue weighted by atomic mass is 32.2. The van der Waals surface area contributed by atoms with E-state index in [1.807, 2.05) is 50.3 Å². The third-order valence-corrected chi connectivity index (χ3v) is 10.4. The summed E-state index contributed by atoms with van der Waals surface area (Å²) in [5.74, 6) is 0.394. The average Bonchev–Trinajstić information content (AvgIpc) is 3.22. The number of unbranched alkanes of at least 4 members (excludes halogenated alkanes) is 2. The summed E-state index contributed by atoms with van der Waals surface area (Å²) in [5, 5.41) is 2.20. The summed E-state index contributed by atoms with van der Waals surface area (Å²) in [7, 11) is 1.45. The summed E-state index contributed by atoms with van der Waals surface area (Å²) in [5.41, 5.74) is 4.99. The number of hydrogen-bond acceptors (Lipinski definition) is 5. The molecule has 3 N–H and O–H groups in total. The molecule has 1 heterocycles. The molecule has 0 aliphatic carbocycles. The van der Waals surface area contributed by atoms with Gasteiger partial charge in [0.2, 0.25) is 0 Å². The van der Waals surface area contributed by atoms with Crippen molar-refractivity contribution in [2.75, 3.05) is 25.1 Å². The largest absolute Gasteiger partial charge is 0.344 e. The molecular formula is C37H53N2O5S2+. The van der Waals surface area contributed by atoms with Crippen molar-refractivity contribution in [2.45, 2.75) is 101 Å². The molecule has 2 unspecified atom stereocenters. The van der Waals surface area contributed by atoms with Gasteiger partial charge in [0.25, 0.3) is 0 Å². The number of nitrogens with zero attached hydrogens (tertiary/aromatic N) is 1. The molecule has 3 rings (SSSR count). The zero-order chi connectivity index (χ0) is 34.1. The Bertz CT molecular complexity index is 1510. The maximum atomic E-state index is 12.3. The van der Waals surface area contributed by atoms with Crippen LogP contribution in [0.3, 0.4) is 0 Å². The fourth-order valence-electron chi connectivity index (χ4n) is 6.02. The second-order valence-corrected chi connectivity index (χ2v) is 15.6. The average molecular weight is 670 g/mol. The Morgan fingerprint density at radius 3 is 2.41 bits per heavy atom. The highest BCUT2D eigenvalue weighted by Gasteiger charge is 2.40. The fraction of sp³-hybridized carbons (Fsp3) is 0.486. The number of fused-ring (bicyclic) bond motifs is 1. The van der Waals surface area contributed by atoms with Crippen molar-refractivity contribution in [2.24, 2.45) is 5.92 Å². The summed E-state index contributed by atoms with van der Waals surface area (Å²) in [4.78, 5) is 15.5. The third-order valence-electron chi connectivity index (χ3n) is 8.78. The monoisotopic (exact) mass is 669 g/mol. The first-order valence-corrected chi connectivity index (χ1v) is 18.5. The van der Waals surface area contributed by atoms with E-state index in [1.165, 1.54) is 7.11 Å². The van der Waals surface area contributed by atoms with Gasteiger partial charge in [0.05, 0.1) is 23.4 Å². The van der Waals surface area contributed by atoms with E-state index in [0.29, 0.717) is 22.0 Å². The van der Waals surface area contributed by atoms with E-state index in [1.54, 1.807) is 6.07 Å². The van der Waals surface area contributed by atoms with Crippen LogP contribution < -0.4 is 10.2 Å². The molecule has 0 saturated carbocycles. The van der Waals surface area contributed by atoms with Crippen molar-refractivity contribution in [1.82, 2.24) is 0 Å². The van der Waals surface area contributed by atoms with Gasteiger partial charge in [0, 0.05) is 47.3 Å². The van der Waals surface area contributed by atoms with Gasteiger partial charge in [0.15, 0.2) is 22.2 Å². The number of quaternary nitrogens is 1. The lowest BCUT2D eigenvalue weighted by Crippen LogP contribution is -2.77. The first-order valence-electron chi connectivity index (χ1n) is 16.3. The van der Waals surface area contributed by atoms with E-state index in [9.17, 15) is 17.8 Å². The van der Waals surface area contributed by atoms with Crippen LogP contribution in [0.15, 0.2) is 82.3 Å². The van der Waals surface area contributed by atoms with E-state index in [0.717, 1.165) is 67.0 Å². The van der Waals surface area contributed by atoms with Crippen LogP contribution in [0.4, 0.5) is 11.4 Å². The van der Waals surface area contributed by atoms with Crippen molar-refractivity contribution < 1.29 is 27.3 Å². The Morgan fingerprint density at radius 2 is 1.76 bits per heavy atom. The summed E-state index contributed by atoms with van der Waals surface area (Å²) in [6.07, 6.45) is 14.7. The number of Topliss-reactive ketones (excluding diaryl/α,β-unsaturated/α-hetero) is 1. The number of carbonyl (C=O) groups excluding carboxylic acids is 1. The first-order chi connectivity index (χ1) is 21.7. The molecule has 252 valence electrons. The van der Waals surface area contributed by atoms with E-state index in [2.05, 4.69) is 69.1 Å². The van der Waals surface area contributed by atoms with Crippen molar-refractivity contribution in [1.29, 1.82) is 0 Å². The van der Waals surface area contributed by atoms with Gasteiger partial charge in [-0.05, 0) is 73.6 Å². The highest BCUT2D eigenvalue weighted by Crippen LogP contribution is 2.48. The normalized spacial score (nSPS) is 17.0. The van der Waals surface area contributed by atoms with Crippen LogP contribution in [0.2, 0.25) is 0 Å². The third kappa shape index (κ3) is 9.44. The Hall–Kier alpha value is -2.69. The van der Waals surface area contributed by atoms with Gasteiger partial charge < -0.3 is 14.8 Å². The second kappa shape index (κ2) is 16.9. The minimum atomic E-state index is -2.05. The zero-order valence-corrected chi connectivity index (χ0v) is 30.4. The topological polar surface area (TPSA) is 101 Å². The Labute approximate surface area is 281 Å². The van der Waals surface area contributed by atoms with Crippen LogP contribution in [-0.2, 0) is 42.0 Å². The maximum Gasteiger partial charge on any atom is 0.188 e. The lowest BCUT2D eigenvalue weighted by molar-refractivity contribution is -0.568. The zero-order valence-electron chi connectivity index (χ0n) is 28.8. The Kier molecular flexibility index (Phi) is 13.9. The molecule has 46 heavy (non-hydrogen) atoms. The maximum absolute atomic E-state index is 12.3. The number of ketones is 1. The minimum absolute atomic E-state index is 0.0787. The number of rotatable bonds is 17.